The van der Waals surface area contributed by atoms with Crippen molar-refractivity contribution >= 4 is 115 Å². The van der Waals surface area contributed by atoms with Crippen LogP contribution in [0.1, 0.15) is 93.1 Å². The summed E-state index contributed by atoms with van der Waals surface area (Å²) in [6.45, 7) is 0. The lowest BCUT2D eigenvalue weighted by atomic mass is 9.95. The number of carbonyl (C=O) groups excluding carboxylic acids is 4. The number of urea groups is 2. The Hall–Kier alpha value is -4.61. The van der Waals surface area contributed by atoms with Crippen molar-refractivity contribution in [2.45, 2.75) is 51.4 Å². The Morgan fingerprint density at radius 3 is 1.49 bits per heavy atom. The van der Waals surface area contributed by atoms with E-state index < -0.39 is 24.0 Å². The smallest absolute Gasteiger partial charge is 0.357 e. The SMILES string of the molecule is O=C(Nc1nc(C(=O)O)c(Cl)s1)Nc1ccc(Cl)cc1C(=O)C1CCCC1.O=C(Nc1nc(C(=O)O)c(Cl)s1)Nc1ccccc1C(=O)C1CCCC1. The number of carboxylic acid groups (broad SMARTS) is 2. The van der Waals surface area contributed by atoms with Crippen LogP contribution in [0, 0.1) is 11.8 Å². The van der Waals surface area contributed by atoms with Crippen molar-refractivity contribution < 1.29 is 39.0 Å². The summed E-state index contributed by atoms with van der Waals surface area (Å²) in [5.41, 5.74) is 0.910. The number of hydrogen-bond acceptors (Lipinski definition) is 10. The highest BCUT2D eigenvalue weighted by molar-refractivity contribution is 7.20. The Bertz CT molecular complexity index is 2060. The summed E-state index contributed by atoms with van der Waals surface area (Å²) in [5.74, 6) is -2.64. The van der Waals surface area contributed by atoms with Gasteiger partial charge in [-0.1, -0.05) is 95.3 Å². The molecule has 53 heavy (non-hydrogen) atoms. The molecule has 2 aromatic carbocycles. The average molecular weight is 822 g/mol. The monoisotopic (exact) mass is 820 g/mol. The number of aromatic nitrogens is 2. The number of nitrogens with zero attached hydrogens (tertiary/aromatic N) is 2. The molecule has 2 fully saturated rings. The van der Waals surface area contributed by atoms with Gasteiger partial charge in [0.2, 0.25) is 0 Å². The second-order valence-corrected chi connectivity index (χ2v) is 15.6. The van der Waals surface area contributed by atoms with Gasteiger partial charge >= 0.3 is 24.0 Å². The molecule has 0 unspecified atom stereocenters. The number of thiazole rings is 2. The van der Waals surface area contributed by atoms with Crippen molar-refractivity contribution in [1.29, 1.82) is 0 Å². The van der Waals surface area contributed by atoms with Crippen molar-refractivity contribution in [1.82, 2.24) is 9.97 Å². The summed E-state index contributed by atoms with van der Waals surface area (Å²) in [7, 11) is 0. The molecule has 6 N–H and O–H groups in total. The number of para-hydroxylation sites is 1. The van der Waals surface area contributed by atoms with Crippen LogP contribution in [0.5, 0.6) is 0 Å². The molecule has 2 saturated carbocycles. The molecule has 0 bridgehead atoms. The predicted molar refractivity (Wildman–Crippen MR) is 204 cm³/mol. The average Bonchev–Trinajstić information content (AvgIpc) is 3.94. The van der Waals surface area contributed by atoms with Gasteiger partial charge in [0.1, 0.15) is 8.67 Å². The van der Waals surface area contributed by atoms with Gasteiger partial charge in [0.15, 0.2) is 33.2 Å². The summed E-state index contributed by atoms with van der Waals surface area (Å²) < 4.78 is -0.0639. The Balaban J connectivity index is 0.000000204. The maximum absolute atomic E-state index is 12.8. The fraction of sp³-hybridized carbons (Fsp3) is 0.294. The largest absolute Gasteiger partial charge is 0.476 e. The van der Waals surface area contributed by atoms with Gasteiger partial charge in [0, 0.05) is 28.0 Å². The van der Waals surface area contributed by atoms with Crippen molar-refractivity contribution in [2.24, 2.45) is 11.8 Å². The quantitative estimate of drug-likeness (QED) is 0.0832. The molecule has 2 aromatic heterocycles. The number of anilines is 4. The first-order valence-corrected chi connectivity index (χ1v) is 19.0. The van der Waals surface area contributed by atoms with Gasteiger partial charge in [-0.25, -0.2) is 29.1 Å². The van der Waals surface area contributed by atoms with Crippen LogP contribution < -0.4 is 21.3 Å². The minimum atomic E-state index is -1.29. The van der Waals surface area contributed by atoms with E-state index in [1.54, 1.807) is 42.5 Å². The minimum absolute atomic E-state index is 0.00287. The van der Waals surface area contributed by atoms with E-state index in [1.807, 2.05) is 0 Å². The summed E-state index contributed by atoms with van der Waals surface area (Å²) in [6, 6.07) is 10.2. The summed E-state index contributed by atoms with van der Waals surface area (Å²) >= 11 is 19.3. The predicted octanol–water partition coefficient (Wildman–Crippen LogP) is 9.68. The second kappa shape index (κ2) is 17.9. The van der Waals surface area contributed by atoms with Crippen LogP contribution in [0.15, 0.2) is 42.5 Å². The first-order valence-electron chi connectivity index (χ1n) is 16.2. The third-order valence-corrected chi connectivity index (χ3v) is 11.0. The van der Waals surface area contributed by atoms with E-state index in [1.165, 1.54) is 0 Å². The number of carboxylic acids is 2. The number of Topliss-reactive ketones (excluding diaryl/α,β-unsaturated/α-hetero) is 2. The molecule has 14 nitrogen and oxygen atoms in total. The van der Waals surface area contributed by atoms with Crippen molar-refractivity contribution in [2.75, 3.05) is 21.3 Å². The molecule has 0 atom stereocenters. The Labute approximate surface area is 325 Å². The lowest BCUT2D eigenvalue weighted by Crippen LogP contribution is -2.22. The van der Waals surface area contributed by atoms with Crippen LogP contribution in [0.2, 0.25) is 13.7 Å². The normalized spacial score (nSPS) is 14.2. The van der Waals surface area contributed by atoms with Crippen LogP contribution in [0.25, 0.3) is 0 Å². The van der Waals surface area contributed by atoms with Gasteiger partial charge in [-0.05, 0) is 56.0 Å². The van der Waals surface area contributed by atoms with E-state index >= 15 is 0 Å². The highest BCUT2D eigenvalue weighted by Gasteiger charge is 2.28. The topological polar surface area (TPSA) is 217 Å². The lowest BCUT2D eigenvalue weighted by molar-refractivity contribution is 0.0681. The maximum atomic E-state index is 12.8. The number of rotatable bonds is 10. The maximum Gasteiger partial charge on any atom is 0.357 e. The molecule has 4 amide bonds. The number of carbonyl (C=O) groups is 6. The molecular formula is C34H31Cl3N6O8S2. The van der Waals surface area contributed by atoms with Crippen LogP contribution >= 0.6 is 57.5 Å². The zero-order valence-electron chi connectivity index (χ0n) is 27.5. The number of nitrogens with one attached hydrogen (secondary N) is 4. The zero-order valence-corrected chi connectivity index (χ0v) is 31.4. The molecule has 4 aromatic rings. The molecule has 0 saturated heterocycles. The highest BCUT2D eigenvalue weighted by Crippen LogP contribution is 2.34. The van der Waals surface area contributed by atoms with Crippen LogP contribution in [0.3, 0.4) is 0 Å². The standard InChI is InChI=1S/C17H15Cl2N3O4S.C17H16ClN3O4S/c18-9-5-6-11(10(7-9)13(23)8-3-1-2-4-8)20-16(26)22-17-21-12(15(24)25)14(19)27-17;18-14-12(15(23)24)20-17(26-14)21-16(25)19-11-8-4-3-7-10(11)13(22)9-5-1-2-6-9/h5-8H,1-4H2,(H,24,25)(H2,20,21,22,26);3-4,7-9H,1-2,5-6H2,(H,23,24)(H2,19,20,21,25). The fourth-order valence-corrected chi connectivity index (χ4v) is 8.14. The third kappa shape index (κ3) is 10.3. The number of hydrogen-bond donors (Lipinski definition) is 6. The number of ketones is 2. The van der Waals surface area contributed by atoms with Crippen LogP contribution in [0.4, 0.5) is 31.2 Å². The van der Waals surface area contributed by atoms with E-state index in [-0.39, 0.29) is 53.7 Å². The molecule has 2 aliphatic carbocycles. The molecule has 278 valence electrons. The van der Waals surface area contributed by atoms with E-state index in [4.69, 9.17) is 45.0 Å². The van der Waals surface area contributed by atoms with Gasteiger partial charge < -0.3 is 20.8 Å². The fourth-order valence-electron chi connectivity index (χ4n) is 5.93. The van der Waals surface area contributed by atoms with Gasteiger partial charge in [-0.15, -0.1) is 0 Å². The van der Waals surface area contributed by atoms with E-state index in [0.29, 0.717) is 27.5 Å². The van der Waals surface area contributed by atoms with Gasteiger partial charge in [0.25, 0.3) is 0 Å². The molecule has 2 aliphatic rings. The Morgan fingerprint density at radius 2 is 1.04 bits per heavy atom. The zero-order chi connectivity index (χ0) is 38.2. The van der Waals surface area contributed by atoms with Crippen molar-refractivity contribution in [3.8, 4) is 0 Å². The second-order valence-electron chi connectivity index (χ2n) is 12.0. The lowest BCUT2D eigenvalue weighted by Gasteiger charge is -2.14. The molecular weight excluding hydrogens is 791 g/mol. The molecule has 0 aliphatic heterocycles. The van der Waals surface area contributed by atoms with Gasteiger partial charge in [-0.2, -0.15) is 0 Å². The number of amides is 4. The Kier molecular flexibility index (Phi) is 13.4. The van der Waals surface area contributed by atoms with E-state index in [9.17, 15) is 28.8 Å². The molecule has 0 spiro atoms. The van der Waals surface area contributed by atoms with Crippen molar-refractivity contribution in [3.63, 3.8) is 0 Å². The van der Waals surface area contributed by atoms with E-state index in [2.05, 4.69) is 31.2 Å². The summed E-state index contributed by atoms with van der Waals surface area (Å²) in [4.78, 5) is 79.3. The molecule has 6 rings (SSSR count). The summed E-state index contributed by atoms with van der Waals surface area (Å²) in [6.07, 6.45) is 7.50. The van der Waals surface area contributed by atoms with E-state index in [0.717, 1.165) is 74.0 Å². The number of aromatic carboxylic acids is 2. The molecule has 19 heteroatoms. The van der Waals surface area contributed by atoms with Gasteiger partial charge in [-0.3, -0.25) is 20.2 Å². The molecule has 0 radical (unpaired) electrons. The van der Waals surface area contributed by atoms with Crippen LogP contribution in [-0.4, -0.2) is 55.7 Å². The van der Waals surface area contributed by atoms with Gasteiger partial charge in [0.05, 0.1) is 11.4 Å². The highest BCUT2D eigenvalue weighted by atomic mass is 35.5. The minimum Gasteiger partial charge on any atom is -0.476 e. The first-order chi connectivity index (χ1) is 25.3. The summed E-state index contributed by atoms with van der Waals surface area (Å²) in [5, 5.41) is 28.5. The molecule has 2 heterocycles. The Morgan fingerprint density at radius 1 is 0.604 bits per heavy atom. The number of benzene rings is 2. The third-order valence-electron chi connectivity index (χ3n) is 8.41. The number of halogens is 3. The van der Waals surface area contributed by atoms with Crippen molar-refractivity contribution in [3.05, 3.63) is 78.7 Å². The first kappa shape index (κ1) is 39.6. The van der Waals surface area contributed by atoms with Crippen LogP contribution in [-0.2, 0) is 0 Å².